The summed E-state index contributed by atoms with van der Waals surface area (Å²) in [6, 6.07) is 0.182. The van der Waals surface area contributed by atoms with Crippen molar-refractivity contribution in [1.82, 2.24) is 10.6 Å². The summed E-state index contributed by atoms with van der Waals surface area (Å²) >= 11 is 0. The predicted molar refractivity (Wildman–Crippen MR) is 85.2 cm³/mol. The summed E-state index contributed by atoms with van der Waals surface area (Å²) in [5, 5.41) is 5.89. The van der Waals surface area contributed by atoms with Crippen LogP contribution in [-0.2, 0) is 9.59 Å². The van der Waals surface area contributed by atoms with E-state index in [0.29, 0.717) is 13.1 Å². The summed E-state index contributed by atoms with van der Waals surface area (Å²) in [7, 11) is 0. The normalized spacial score (nSPS) is 25.4. The maximum Gasteiger partial charge on any atom is 0.223 e. The third-order valence-corrected chi connectivity index (χ3v) is 4.51. The molecule has 2 atom stereocenters. The molecule has 2 aliphatic carbocycles. The van der Waals surface area contributed by atoms with Gasteiger partial charge in [-0.15, -0.1) is 12.4 Å². The summed E-state index contributed by atoms with van der Waals surface area (Å²) in [6.45, 7) is 1.29. The SMILES string of the molecule is Cl.NC1CCCC(C(=O)NCCCNC(=O)C2CCC2)C1. The fourth-order valence-corrected chi connectivity index (χ4v) is 2.94. The van der Waals surface area contributed by atoms with E-state index in [1.165, 1.54) is 6.42 Å². The van der Waals surface area contributed by atoms with Crippen LogP contribution in [0, 0.1) is 11.8 Å². The van der Waals surface area contributed by atoms with Crippen LogP contribution in [0.4, 0.5) is 0 Å². The standard InChI is InChI=1S/C15H27N3O2.ClH/c16-13-7-2-6-12(10-13)15(20)18-9-3-8-17-14(19)11-4-1-5-11;/h11-13H,1-10,16H2,(H,17,19)(H,18,20);1H. The van der Waals surface area contributed by atoms with Crippen molar-refractivity contribution in [2.45, 2.75) is 57.4 Å². The molecule has 2 amide bonds. The molecule has 0 bridgehead atoms. The molecule has 0 aromatic heterocycles. The van der Waals surface area contributed by atoms with Gasteiger partial charge in [0, 0.05) is 31.0 Å². The van der Waals surface area contributed by atoms with Gasteiger partial charge in [-0.05, 0) is 38.5 Å². The Labute approximate surface area is 133 Å². The zero-order valence-electron chi connectivity index (χ0n) is 12.6. The second kappa shape index (κ2) is 9.26. The first-order valence-corrected chi connectivity index (χ1v) is 7.98. The maximum absolute atomic E-state index is 12.0. The van der Waals surface area contributed by atoms with Gasteiger partial charge in [-0.1, -0.05) is 12.8 Å². The second-order valence-electron chi connectivity index (χ2n) is 6.19. The molecule has 6 heteroatoms. The van der Waals surface area contributed by atoms with Gasteiger partial charge in [-0.25, -0.2) is 0 Å². The van der Waals surface area contributed by atoms with E-state index >= 15 is 0 Å². The lowest BCUT2D eigenvalue weighted by Crippen LogP contribution is -2.39. The molecular formula is C15H28ClN3O2. The van der Waals surface area contributed by atoms with Gasteiger partial charge in [-0.2, -0.15) is 0 Å². The number of halogens is 1. The number of rotatable bonds is 6. The Morgan fingerprint density at radius 2 is 1.43 bits per heavy atom. The van der Waals surface area contributed by atoms with Crippen LogP contribution >= 0.6 is 12.4 Å². The lowest BCUT2D eigenvalue weighted by molar-refractivity contribution is -0.127. The van der Waals surface area contributed by atoms with Crippen LogP contribution in [0.1, 0.15) is 51.4 Å². The summed E-state index contributed by atoms with van der Waals surface area (Å²) in [5.74, 6) is 0.642. The number of hydrogen-bond donors (Lipinski definition) is 3. The zero-order chi connectivity index (χ0) is 14.4. The van der Waals surface area contributed by atoms with Crippen LogP contribution in [0.25, 0.3) is 0 Å². The molecule has 21 heavy (non-hydrogen) atoms. The molecule has 2 aliphatic rings. The van der Waals surface area contributed by atoms with Gasteiger partial charge in [0.2, 0.25) is 11.8 Å². The summed E-state index contributed by atoms with van der Waals surface area (Å²) < 4.78 is 0. The molecule has 122 valence electrons. The average molecular weight is 318 g/mol. The van der Waals surface area contributed by atoms with Crippen molar-refractivity contribution in [2.24, 2.45) is 17.6 Å². The van der Waals surface area contributed by atoms with E-state index in [1.807, 2.05) is 0 Å². The molecule has 0 saturated heterocycles. The fourth-order valence-electron chi connectivity index (χ4n) is 2.94. The lowest BCUT2D eigenvalue weighted by atomic mass is 9.85. The highest BCUT2D eigenvalue weighted by Gasteiger charge is 2.25. The molecule has 2 fully saturated rings. The highest BCUT2D eigenvalue weighted by molar-refractivity contribution is 5.85. The first-order chi connectivity index (χ1) is 9.66. The quantitative estimate of drug-likeness (QED) is 0.646. The van der Waals surface area contributed by atoms with Gasteiger partial charge in [0.15, 0.2) is 0 Å². The Hall–Kier alpha value is -0.810. The Bertz CT molecular complexity index is 348. The van der Waals surface area contributed by atoms with Crippen molar-refractivity contribution < 1.29 is 9.59 Å². The van der Waals surface area contributed by atoms with E-state index in [4.69, 9.17) is 5.73 Å². The number of nitrogens with one attached hydrogen (secondary N) is 2. The third kappa shape index (κ3) is 5.83. The molecule has 0 aromatic carbocycles. The van der Waals surface area contributed by atoms with Gasteiger partial charge in [0.1, 0.15) is 0 Å². The van der Waals surface area contributed by atoms with Gasteiger partial charge < -0.3 is 16.4 Å². The van der Waals surface area contributed by atoms with Crippen LogP contribution in [-0.4, -0.2) is 30.9 Å². The minimum absolute atomic E-state index is 0. The molecule has 2 saturated carbocycles. The third-order valence-electron chi connectivity index (χ3n) is 4.51. The molecule has 2 unspecified atom stereocenters. The molecule has 0 aromatic rings. The van der Waals surface area contributed by atoms with Crippen molar-refractivity contribution in [3.8, 4) is 0 Å². The molecule has 5 nitrogen and oxygen atoms in total. The molecule has 0 spiro atoms. The molecule has 0 heterocycles. The van der Waals surface area contributed by atoms with Gasteiger partial charge in [0.05, 0.1) is 0 Å². The van der Waals surface area contributed by atoms with Gasteiger partial charge >= 0.3 is 0 Å². The Morgan fingerprint density at radius 1 is 0.905 bits per heavy atom. The largest absolute Gasteiger partial charge is 0.356 e. The minimum Gasteiger partial charge on any atom is -0.356 e. The first-order valence-electron chi connectivity index (χ1n) is 7.98. The average Bonchev–Trinajstić information content (AvgIpc) is 2.36. The van der Waals surface area contributed by atoms with Crippen molar-refractivity contribution in [1.29, 1.82) is 0 Å². The topological polar surface area (TPSA) is 84.2 Å². The number of hydrogen-bond acceptors (Lipinski definition) is 3. The zero-order valence-corrected chi connectivity index (χ0v) is 13.4. The Balaban J connectivity index is 0.00000220. The monoisotopic (exact) mass is 317 g/mol. The first kappa shape index (κ1) is 18.2. The van der Waals surface area contributed by atoms with Gasteiger partial charge in [-0.3, -0.25) is 9.59 Å². The highest BCUT2D eigenvalue weighted by Crippen LogP contribution is 2.26. The second-order valence-corrected chi connectivity index (χ2v) is 6.19. The lowest BCUT2D eigenvalue weighted by Gasteiger charge is -2.25. The van der Waals surface area contributed by atoms with Crippen LogP contribution < -0.4 is 16.4 Å². The fraction of sp³-hybridized carbons (Fsp3) is 0.867. The number of nitrogens with two attached hydrogens (primary N) is 1. The molecule has 4 N–H and O–H groups in total. The van der Waals surface area contributed by atoms with E-state index in [9.17, 15) is 9.59 Å². The van der Waals surface area contributed by atoms with E-state index in [0.717, 1.165) is 44.9 Å². The highest BCUT2D eigenvalue weighted by atomic mass is 35.5. The number of carbonyl (C=O) groups is 2. The maximum atomic E-state index is 12.0. The van der Waals surface area contributed by atoms with Crippen molar-refractivity contribution >= 4 is 24.2 Å². The minimum atomic E-state index is 0. The Morgan fingerprint density at radius 3 is 1.95 bits per heavy atom. The number of amides is 2. The smallest absolute Gasteiger partial charge is 0.223 e. The van der Waals surface area contributed by atoms with Crippen LogP contribution in [0.5, 0.6) is 0 Å². The summed E-state index contributed by atoms with van der Waals surface area (Å²) in [6.07, 6.45) is 7.89. The van der Waals surface area contributed by atoms with Crippen LogP contribution in [0.3, 0.4) is 0 Å². The van der Waals surface area contributed by atoms with Crippen molar-refractivity contribution in [2.75, 3.05) is 13.1 Å². The molecular weight excluding hydrogens is 290 g/mol. The van der Waals surface area contributed by atoms with E-state index in [2.05, 4.69) is 10.6 Å². The summed E-state index contributed by atoms with van der Waals surface area (Å²) in [4.78, 5) is 23.5. The number of carbonyl (C=O) groups excluding carboxylic acids is 2. The molecule has 0 radical (unpaired) electrons. The van der Waals surface area contributed by atoms with Crippen LogP contribution in [0.15, 0.2) is 0 Å². The predicted octanol–water partition coefficient (Wildman–Crippen LogP) is 1.35. The van der Waals surface area contributed by atoms with Crippen molar-refractivity contribution in [3.63, 3.8) is 0 Å². The van der Waals surface area contributed by atoms with E-state index in [1.54, 1.807) is 0 Å². The molecule has 0 aliphatic heterocycles. The van der Waals surface area contributed by atoms with Gasteiger partial charge in [0.25, 0.3) is 0 Å². The molecule has 2 rings (SSSR count). The Kier molecular flexibility index (Phi) is 8.04. The summed E-state index contributed by atoms with van der Waals surface area (Å²) in [5.41, 5.74) is 5.89. The van der Waals surface area contributed by atoms with Crippen molar-refractivity contribution in [3.05, 3.63) is 0 Å². The van der Waals surface area contributed by atoms with E-state index in [-0.39, 0.29) is 42.1 Å². The van der Waals surface area contributed by atoms with Crippen LogP contribution in [0.2, 0.25) is 0 Å². The van der Waals surface area contributed by atoms with E-state index < -0.39 is 0 Å².